The van der Waals surface area contributed by atoms with Crippen molar-refractivity contribution in [2.75, 3.05) is 18.2 Å². The number of methoxy groups -OCH3 is 1. The molecule has 0 aliphatic rings. The molecule has 1 rings (SSSR count). The molecule has 17 heavy (non-hydrogen) atoms. The number of esters is 1. The number of nitrogens with two attached hydrogens (primary N) is 1. The number of rotatable bonds is 4. The van der Waals surface area contributed by atoms with Crippen LogP contribution in [0, 0.1) is 0 Å². The Morgan fingerprint density at radius 2 is 2.18 bits per heavy atom. The van der Waals surface area contributed by atoms with Crippen LogP contribution in [0.2, 0.25) is 0 Å². The largest absolute Gasteiger partial charge is 0.464 e. The Balaban J connectivity index is 3.03. The van der Waals surface area contributed by atoms with E-state index in [0.717, 1.165) is 6.42 Å². The SMILES string of the molecule is CCC(C)(C)Nc1nc(C(=O)OC)ccc1N. The van der Waals surface area contributed by atoms with Crippen molar-refractivity contribution in [1.29, 1.82) is 0 Å². The molecule has 0 unspecified atom stereocenters. The number of nitrogens with zero attached hydrogens (tertiary/aromatic N) is 1. The van der Waals surface area contributed by atoms with Crippen LogP contribution in [0.5, 0.6) is 0 Å². The number of carbonyl (C=O) groups is 1. The summed E-state index contributed by atoms with van der Waals surface area (Å²) in [6.45, 7) is 6.14. The summed E-state index contributed by atoms with van der Waals surface area (Å²) in [4.78, 5) is 15.5. The first-order valence-electron chi connectivity index (χ1n) is 5.52. The van der Waals surface area contributed by atoms with Crippen molar-refractivity contribution >= 4 is 17.5 Å². The van der Waals surface area contributed by atoms with Gasteiger partial charge in [0.25, 0.3) is 0 Å². The average molecular weight is 237 g/mol. The normalized spacial score (nSPS) is 11.1. The third-order valence-electron chi connectivity index (χ3n) is 2.66. The maximum Gasteiger partial charge on any atom is 0.356 e. The van der Waals surface area contributed by atoms with Gasteiger partial charge in [-0.3, -0.25) is 0 Å². The molecule has 1 aromatic rings. The van der Waals surface area contributed by atoms with Crippen molar-refractivity contribution in [1.82, 2.24) is 4.98 Å². The first-order chi connectivity index (χ1) is 7.89. The fraction of sp³-hybridized carbons (Fsp3) is 0.500. The Kier molecular flexibility index (Phi) is 3.93. The van der Waals surface area contributed by atoms with Gasteiger partial charge in [-0.1, -0.05) is 6.92 Å². The molecule has 0 aliphatic carbocycles. The number of hydrogen-bond donors (Lipinski definition) is 2. The van der Waals surface area contributed by atoms with Gasteiger partial charge < -0.3 is 15.8 Å². The molecule has 5 heteroatoms. The molecule has 1 heterocycles. The lowest BCUT2D eigenvalue weighted by atomic mass is 10.0. The topological polar surface area (TPSA) is 77.2 Å². The second-order valence-corrected chi connectivity index (χ2v) is 4.49. The van der Waals surface area contributed by atoms with Crippen LogP contribution in [0.15, 0.2) is 12.1 Å². The molecule has 0 bridgehead atoms. The van der Waals surface area contributed by atoms with Crippen LogP contribution in [0.4, 0.5) is 11.5 Å². The Bertz CT molecular complexity index is 416. The average Bonchev–Trinajstić information content (AvgIpc) is 2.30. The van der Waals surface area contributed by atoms with Gasteiger partial charge in [0.1, 0.15) is 0 Å². The van der Waals surface area contributed by atoms with Crippen LogP contribution in [0.1, 0.15) is 37.7 Å². The van der Waals surface area contributed by atoms with Gasteiger partial charge >= 0.3 is 5.97 Å². The molecule has 3 N–H and O–H groups in total. The Labute approximate surface area is 101 Å². The van der Waals surface area contributed by atoms with Gasteiger partial charge in [0.05, 0.1) is 12.8 Å². The monoisotopic (exact) mass is 237 g/mol. The van der Waals surface area contributed by atoms with E-state index in [9.17, 15) is 4.79 Å². The predicted molar refractivity (Wildman–Crippen MR) is 68.0 cm³/mol. The van der Waals surface area contributed by atoms with E-state index in [1.165, 1.54) is 7.11 Å². The molecule has 0 aliphatic heterocycles. The summed E-state index contributed by atoms with van der Waals surface area (Å²) in [5.74, 6) is 0.0436. The van der Waals surface area contributed by atoms with Gasteiger partial charge in [0, 0.05) is 5.54 Å². The van der Waals surface area contributed by atoms with E-state index < -0.39 is 5.97 Å². The zero-order chi connectivity index (χ0) is 13.1. The van der Waals surface area contributed by atoms with Crippen molar-refractivity contribution in [2.45, 2.75) is 32.7 Å². The molecular weight excluding hydrogens is 218 g/mol. The minimum Gasteiger partial charge on any atom is -0.464 e. The van der Waals surface area contributed by atoms with Gasteiger partial charge in [-0.2, -0.15) is 0 Å². The maximum atomic E-state index is 11.4. The number of pyridine rings is 1. The number of aromatic nitrogens is 1. The number of nitrogens with one attached hydrogen (secondary N) is 1. The fourth-order valence-electron chi connectivity index (χ4n) is 1.20. The Hall–Kier alpha value is -1.78. The Morgan fingerprint density at radius 1 is 1.53 bits per heavy atom. The quantitative estimate of drug-likeness (QED) is 0.784. The summed E-state index contributed by atoms with van der Waals surface area (Å²) in [6.07, 6.45) is 0.913. The van der Waals surface area contributed by atoms with Crippen LogP contribution in [-0.2, 0) is 4.74 Å². The van der Waals surface area contributed by atoms with E-state index in [1.807, 2.05) is 13.8 Å². The second-order valence-electron chi connectivity index (χ2n) is 4.49. The number of ether oxygens (including phenoxy) is 1. The van der Waals surface area contributed by atoms with Gasteiger partial charge in [-0.15, -0.1) is 0 Å². The zero-order valence-corrected chi connectivity index (χ0v) is 10.7. The molecule has 0 aromatic carbocycles. The van der Waals surface area contributed by atoms with Gasteiger partial charge in [-0.25, -0.2) is 9.78 Å². The number of anilines is 2. The van der Waals surface area contributed by atoms with Crippen molar-refractivity contribution < 1.29 is 9.53 Å². The summed E-state index contributed by atoms with van der Waals surface area (Å²) in [5, 5.41) is 3.21. The molecule has 0 atom stereocenters. The molecule has 0 amide bonds. The van der Waals surface area contributed by atoms with Crippen LogP contribution in [-0.4, -0.2) is 23.6 Å². The zero-order valence-electron chi connectivity index (χ0n) is 10.7. The molecule has 94 valence electrons. The van der Waals surface area contributed by atoms with Crippen molar-refractivity contribution in [3.8, 4) is 0 Å². The fourth-order valence-corrected chi connectivity index (χ4v) is 1.20. The highest BCUT2D eigenvalue weighted by atomic mass is 16.5. The number of nitrogen functional groups attached to an aromatic ring is 1. The summed E-state index contributed by atoms with van der Waals surface area (Å²) >= 11 is 0. The van der Waals surface area contributed by atoms with Crippen molar-refractivity contribution in [3.05, 3.63) is 17.8 Å². The van der Waals surface area contributed by atoms with Crippen LogP contribution < -0.4 is 11.1 Å². The molecule has 0 spiro atoms. The molecule has 0 saturated heterocycles. The van der Waals surface area contributed by atoms with Gasteiger partial charge in [-0.05, 0) is 32.4 Å². The lowest BCUT2D eigenvalue weighted by Crippen LogP contribution is -2.30. The molecule has 0 radical (unpaired) electrons. The highest BCUT2D eigenvalue weighted by molar-refractivity contribution is 5.88. The standard InChI is InChI=1S/C12H19N3O2/c1-5-12(2,3)15-10-8(13)6-7-9(14-10)11(16)17-4/h6-7H,5,13H2,1-4H3,(H,14,15). The van der Waals surface area contributed by atoms with E-state index >= 15 is 0 Å². The molecule has 0 saturated carbocycles. The number of hydrogen-bond acceptors (Lipinski definition) is 5. The lowest BCUT2D eigenvalue weighted by Gasteiger charge is -2.26. The minimum atomic E-state index is -0.470. The summed E-state index contributed by atoms with van der Waals surface area (Å²) in [7, 11) is 1.32. The van der Waals surface area contributed by atoms with Crippen LogP contribution in [0.3, 0.4) is 0 Å². The molecular formula is C12H19N3O2. The molecule has 1 aromatic heterocycles. The third-order valence-corrected chi connectivity index (χ3v) is 2.66. The summed E-state index contributed by atoms with van der Waals surface area (Å²) in [5.41, 5.74) is 6.45. The van der Waals surface area contributed by atoms with E-state index in [2.05, 4.69) is 22.0 Å². The van der Waals surface area contributed by atoms with E-state index in [-0.39, 0.29) is 11.2 Å². The van der Waals surface area contributed by atoms with E-state index in [0.29, 0.717) is 11.5 Å². The van der Waals surface area contributed by atoms with E-state index in [1.54, 1.807) is 12.1 Å². The second kappa shape index (κ2) is 5.03. The smallest absolute Gasteiger partial charge is 0.356 e. The number of carbonyl (C=O) groups excluding carboxylic acids is 1. The Morgan fingerprint density at radius 3 is 2.71 bits per heavy atom. The summed E-state index contributed by atoms with van der Waals surface area (Å²) in [6, 6.07) is 3.19. The lowest BCUT2D eigenvalue weighted by molar-refractivity contribution is 0.0594. The highest BCUT2D eigenvalue weighted by Crippen LogP contribution is 2.22. The van der Waals surface area contributed by atoms with Crippen LogP contribution in [0.25, 0.3) is 0 Å². The molecule has 0 fully saturated rings. The minimum absolute atomic E-state index is 0.129. The first-order valence-corrected chi connectivity index (χ1v) is 5.52. The third kappa shape index (κ3) is 3.34. The van der Waals surface area contributed by atoms with Crippen molar-refractivity contribution in [3.63, 3.8) is 0 Å². The maximum absolute atomic E-state index is 11.4. The van der Waals surface area contributed by atoms with E-state index in [4.69, 9.17) is 5.73 Å². The van der Waals surface area contributed by atoms with Crippen molar-refractivity contribution in [2.24, 2.45) is 0 Å². The first kappa shape index (κ1) is 13.3. The highest BCUT2D eigenvalue weighted by Gasteiger charge is 2.18. The van der Waals surface area contributed by atoms with Gasteiger partial charge in [0.15, 0.2) is 11.5 Å². The summed E-state index contributed by atoms with van der Waals surface area (Å²) < 4.78 is 4.62. The van der Waals surface area contributed by atoms with Gasteiger partial charge in [0.2, 0.25) is 0 Å². The predicted octanol–water partition coefficient (Wildman–Crippen LogP) is 2.05. The van der Waals surface area contributed by atoms with Crippen LogP contribution >= 0.6 is 0 Å². The molecule has 5 nitrogen and oxygen atoms in total.